The lowest BCUT2D eigenvalue weighted by atomic mass is 9.97. The van der Waals surface area contributed by atoms with Crippen LogP contribution < -0.4 is 0 Å². The number of aliphatic imine (C=N–C) groups is 2. The topological polar surface area (TPSA) is 70.7 Å². The molecular weight excluding hydrogens is 300 g/mol. The Morgan fingerprint density at radius 2 is 1.46 bits per heavy atom. The third-order valence-corrected chi connectivity index (χ3v) is 3.45. The Morgan fingerprint density at radius 3 is 1.96 bits per heavy atom. The van der Waals surface area contributed by atoms with Crippen molar-refractivity contribution >= 4 is 35.3 Å². The number of rotatable bonds is 5. The van der Waals surface area contributed by atoms with E-state index in [0.29, 0.717) is 5.82 Å². The molecule has 5 nitrogen and oxygen atoms in total. The van der Waals surface area contributed by atoms with Gasteiger partial charge in [0.1, 0.15) is 0 Å². The third-order valence-electron chi connectivity index (χ3n) is 3.45. The number of allylic oxidation sites excluding steroid dienone is 2. The first-order valence-corrected chi connectivity index (χ1v) is 7.37. The third kappa shape index (κ3) is 4.01. The van der Waals surface area contributed by atoms with Gasteiger partial charge in [-0.05, 0) is 62.4 Å². The van der Waals surface area contributed by atoms with E-state index in [1.165, 1.54) is 6.07 Å². The molecule has 5 heteroatoms. The van der Waals surface area contributed by atoms with Gasteiger partial charge < -0.3 is 5.11 Å². The molecule has 0 unspecified atom stereocenters. The van der Waals surface area contributed by atoms with Crippen molar-refractivity contribution in [2.75, 3.05) is 0 Å². The van der Waals surface area contributed by atoms with Gasteiger partial charge in [-0.1, -0.05) is 24.3 Å². The van der Waals surface area contributed by atoms with Crippen molar-refractivity contribution < 1.29 is 5.11 Å². The molecule has 0 aliphatic heterocycles. The quantitative estimate of drug-likeness (QED) is 0.810. The van der Waals surface area contributed by atoms with Gasteiger partial charge in [-0.2, -0.15) is 9.97 Å². The lowest BCUT2D eigenvalue weighted by molar-refractivity contribution is 0.453. The summed E-state index contributed by atoms with van der Waals surface area (Å²) in [5.41, 5.74) is 5.65. The minimum atomic E-state index is -0.197. The van der Waals surface area contributed by atoms with E-state index in [4.69, 9.17) is 0 Å². The molecule has 0 aliphatic rings. The Bertz CT molecular complexity index is 833. The number of nitrogens with zero attached hydrogens (tertiary/aromatic N) is 4. The normalized spacial score (nSPS) is 11.2. The molecule has 1 aromatic carbocycles. The molecular formula is C19H20N4O. The van der Waals surface area contributed by atoms with E-state index in [2.05, 4.69) is 45.9 Å². The fourth-order valence-electron chi connectivity index (χ4n) is 2.10. The summed E-state index contributed by atoms with van der Waals surface area (Å²) in [5.74, 6) is 0.206. The van der Waals surface area contributed by atoms with Crippen LogP contribution in [0.25, 0.3) is 11.1 Å². The van der Waals surface area contributed by atoms with Crippen molar-refractivity contribution in [3.63, 3.8) is 0 Å². The molecule has 0 aliphatic carbocycles. The zero-order valence-corrected chi connectivity index (χ0v) is 14.2. The first-order chi connectivity index (χ1) is 11.3. The van der Waals surface area contributed by atoms with Gasteiger partial charge in [-0.15, -0.1) is 0 Å². The molecule has 1 aromatic heterocycles. The van der Waals surface area contributed by atoms with Crippen LogP contribution in [0.2, 0.25) is 0 Å². The van der Waals surface area contributed by atoms with Crippen molar-refractivity contribution in [1.82, 2.24) is 9.97 Å². The number of aromatic nitrogens is 2. The molecule has 122 valence electrons. The van der Waals surface area contributed by atoms with Gasteiger partial charge in [0.25, 0.3) is 5.95 Å². The zero-order chi connectivity index (χ0) is 17.9. The molecule has 0 amide bonds. The highest BCUT2D eigenvalue weighted by Gasteiger charge is 2.07. The van der Waals surface area contributed by atoms with E-state index in [-0.39, 0.29) is 11.8 Å². The van der Waals surface area contributed by atoms with E-state index < -0.39 is 0 Å². The van der Waals surface area contributed by atoms with Gasteiger partial charge in [-0.3, -0.25) is 0 Å². The first-order valence-electron chi connectivity index (χ1n) is 7.37. The van der Waals surface area contributed by atoms with Crippen molar-refractivity contribution in [1.29, 1.82) is 0 Å². The minimum absolute atomic E-state index is 0.0832. The van der Waals surface area contributed by atoms with Crippen LogP contribution in [0.15, 0.2) is 47.4 Å². The molecule has 0 saturated carbocycles. The predicted molar refractivity (Wildman–Crippen MR) is 101 cm³/mol. The maximum Gasteiger partial charge on any atom is 0.254 e. The Labute approximate surface area is 141 Å². The largest absolute Gasteiger partial charge is 0.493 e. The molecule has 0 bridgehead atoms. The summed E-state index contributed by atoms with van der Waals surface area (Å²) in [4.78, 5) is 15.9. The second kappa shape index (κ2) is 7.00. The number of hydrogen-bond acceptors (Lipinski definition) is 5. The minimum Gasteiger partial charge on any atom is -0.493 e. The highest BCUT2D eigenvalue weighted by molar-refractivity contribution is 6.01. The van der Waals surface area contributed by atoms with E-state index in [1.54, 1.807) is 0 Å². The van der Waals surface area contributed by atoms with Crippen LogP contribution in [0, 0.1) is 0 Å². The summed E-state index contributed by atoms with van der Waals surface area (Å²) >= 11 is 0. The van der Waals surface area contributed by atoms with Crippen LogP contribution in [0.3, 0.4) is 0 Å². The predicted octanol–water partition coefficient (Wildman–Crippen LogP) is 4.72. The summed E-state index contributed by atoms with van der Waals surface area (Å²) in [5, 5.41) is 9.61. The van der Waals surface area contributed by atoms with Gasteiger partial charge in [0.05, 0.1) is 0 Å². The molecule has 1 N–H and O–H groups in total. The van der Waals surface area contributed by atoms with Crippen LogP contribution in [-0.2, 0) is 0 Å². The second-order valence-electron chi connectivity index (χ2n) is 5.60. The monoisotopic (exact) mass is 320 g/mol. The van der Waals surface area contributed by atoms with E-state index >= 15 is 0 Å². The fraction of sp³-hybridized carbons (Fsp3) is 0.158. The maximum absolute atomic E-state index is 9.61. The van der Waals surface area contributed by atoms with Crippen molar-refractivity contribution in [2.45, 2.75) is 20.8 Å². The summed E-state index contributed by atoms with van der Waals surface area (Å²) < 4.78 is 0. The Morgan fingerprint density at radius 1 is 0.917 bits per heavy atom. The van der Waals surface area contributed by atoms with E-state index in [1.807, 2.05) is 32.9 Å². The average molecular weight is 320 g/mol. The molecule has 0 spiro atoms. The maximum atomic E-state index is 9.61. The number of benzene rings is 1. The van der Waals surface area contributed by atoms with Crippen molar-refractivity contribution in [3.05, 3.63) is 54.1 Å². The molecule has 0 atom stereocenters. The van der Waals surface area contributed by atoms with Crippen molar-refractivity contribution in [3.8, 4) is 5.88 Å². The number of aromatic hydroxyl groups is 1. The molecule has 24 heavy (non-hydrogen) atoms. The van der Waals surface area contributed by atoms with Crippen LogP contribution in [0.1, 0.15) is 37.5 Å². The summed E-state index contributed by atoms with van der Waals surface area (Å²) in [6, 6.07) is 7.46. The van der Waals surface area contributed by atoms with Crippen molar-refractivity contribution in [2.24, 2.45) is 9.98 Å². The molecule has 2 aromatic rings. The van der Waals surface area contributed by atoms with Gasteiger partial charge >= 0.3 is 0 Å². The SMILES string of the molecule is C=Nc1nc(O)cc(/N=C(\C)c2cc(C(=C)C)cc(C(=C)C)c2)n1. The molecule has 0 saturated heterocycles. The van der Waals surface area contributed by atoms with E-state index in [0.717, 1.165) is 33.5 Å². The summed E-state index contributed by atoms with van der Waals surface area (Å²) in [7, 11) is 0. The van der Waals surface area contributed by atoms with Gasteiger partial charge in [0.2, 0.25) is 5.88 Å². The first kappa shape index (κ1) is 17.3. The molecule has 1 heterocycles. The molecule has 0 fully saturated rings. The van der Waals surface area contributed by atoms with Crippen LogP contribution in [0.5, 0.6) is 5.88 Å². The van der Waals surface area contributed by atoms with E-state index in [9.17, 15) is 5.11 Å². The lowest BCUT2D eigenvalue weighted by Crippen LogP contribution is -1.98. The van der Waals surface area contributed by atoms with Crippen LogP contribution in [-0.4, -0.2) is 27.5 Å². The summed E-state index contributed by atoms with van der Waals surface area (Å²) in [6.07, 6.45) is 0. The highest BCUT2D eigenvalue weighted by atomic mass is 16.3. The van der Waals surface area contributed by atoms with Crippen LogP contribution >= 0.6 is 0 Å². The van der Waals surface area contributed by atoms with Gasteiger partial charge in [-0.25, -0.2) is 9.98 Å². The number of hydrogen-bond donors (Lipinski definition) is 1. The Kier molecular flexibility index (Phi) is 5.04. The van der Waals surface area contributed by atoms with Crippen LogP contribution in [0.4, 0.5) is 11.8 Å². The smallest absolute Gasteiger partial charge is 0.254 e. The lowest BCUT2D eigenvalue weighted by Gasteiger charge is -2.10. The highest BCUT2D eigenvalue weighted by Crippen LogP contribution is 2.24. The molecule has 2 rings (SSSR count). The average Bonchev–Trinajstić information content (AvgIpc) is 2.53. The second-order valence-corrected chi connectivity index (χ2v) is 5.60. The standard InChI is InChI=1S/C19H20N4O/c1-11(2)14-7-15(12(3)4)9-16(8-14)13(5)21-17-10-18(24)23-19(20-6)22-17/h7-10H,1,3,6H2,2,4-5H3,(H,22,23,24)/b21-13+. The summed E-state index contributed by atoms with van der Waals surface area (Å²) in [6.45, 7) is 17.2. The van der Waals surface area contributed by atoms with Gasteiger partial charge in [0.15, 0.2) is 5.82 Å². The Hall–Kier alpha value is -3.08. The fourth-order valence-corrected chi connectivity index (χ4v) is 2.10. The van der Waals surface area contributed by atoms with Gasteiger partial charge in [0, 0.05) is 11.8 Å². The zero-order valence-electron chi connectivity index (χ0n) is 14.2. The Balaban J connectivity index is 2.54. The molecule has 0 radical (unpaired) electrons.